The van der Waals surface area contributed by atoms with Gasteiger partial charge in [-0.05, 0) is 37.1 Å². The highest BCUT2D eigenvalue weighted by Crippen LogP contribution is 2.29. The monoisotopic (exact) mass is 320 g/mol. The van der Waals surface area contributed by atoms with E-state index in [1.807, 2.05) is 30.3 Å². The third kappa shape index (κ3) is 2.89. The highest BCUT2D eigenvalue weighted by Gasteiger charge is 2.16. The fourth-order valence-corrected chi connectivity index (χ4v) is 3.47. The summed E-state index contributed by atoms with van der Waals surface area (Å²) in [5, 5.41) is 7.97. The van der Waals surface area contributed by atoms with Crippen molar-refractivity contribution in [2.24, 2.45) is 0 Å². The SMILES string of the molecule is O=C(Nc1cc2cccnc2c2ncccc12)NC1CCCCC1. The average molecular weight is 320 g/mol. The van der Waals surface area contributed by atoms with Crippen LogP contribution in [0.2, 0.25) is 0 Å². The summed E-state index contributed by atoms with van der Waals surface area (Å²) in [7, 11) is 0. The largest absolute Gasteiger partial charge is 0.335 e. The maximum absolute atomic E-state index is 12.4. The van der Waals surface area contributed by atoms with Gasteiger partial charge in [-0.1, -0.05) is 25.3 Å². The highest BCUT2D eigenvalue weighted by molar-refractivity contribution is 6.11. The Morgan fingerprint density at radius 2 is 1.75 bits per heavy atom. The molecule has 2 N–H and O–H groups in total. The molecule has 1 aromatic carbocycles. The molecule has 5 nitrogen and oxygen atoms in total. The summed E-state index contributed by atoms with van der Waals surface area (Å²) in [6, 6.07) is 9.82. The Hall–Kier alpha value is -2.69. The van der Waals surface area contributed by atoms with Gasteiger partial charge in [0.1, 0.15) is 0 Å². The van der Waals surface area contributed by atoms with Crippen molar-refractivity contribution in [1.82, 2.24) is 15.3 Å². The van der Waals surface area contributed by atoms with E-state index < -0.39 is 0 Å². The first kappa shape index (κ1) is 14.9. The molecule has 122 valence electrons. The standard InChI is InChI=1S/C19H20N4O/c24-19(22-14-7-2-1-3-8-14)23-16-12-13-6-4-10-20-17(13)18-15(16)9-5-11-21-18/h4-6,9-12,14H,1-3,7-8H2,(H2,22,23,24). The zero-order valence-corrected chi connectivity index (χ0v) is 13.5. The Balaban J connectivity index is 1.66. The van der Waals surface area contributed by atoms with Crippen LogP contribution in [0.15, 0.2) is 42.7 Å². The van der Waals surface area contributed by atoms with E-state index in [2.05, 4.69) is 20.6 Å². The van der Waals surface area contributed by atoms with Crippen LogP contribution in [0.25, 0.3) is 21.8 Å². The summed E-state index contributed by atoms with van der Waals surface area (Å²) in [5.74, 6) is 0. The molecule has 2 aromatic heterocycles. The van der Waals surface area contributed by atoms with Gasteiger partial charge in [-0.15, -0.1) is 0 Å². The molecular weight excluding hydrogens is 300 g/mol. The fraction of sp³-hybridized carbons (Fsp3) is 0.316. The van der Waals surface area contributed by atoms with E-state index in [0.29, 0.717) is 0 Å². The van der Waals surface area contributed by atoms with Gasteiger partial charge in [0.15, 0.2) is 0 Å². The molecule has 0 spiro atoms. The zero-order chi connectivity index (χ0) is 16.4. The molecule has 1 aliphatic rings. The smallest absolute Gasteiger partial charge is 0.319 e. The first-order chi connectivity index (χ1) is 11.8. The lowest BCUT2D eigenvalue weighted by Gasteiger charge is -2.23. The molecule has 0 bridgehead atoms. The summed E-state index contributed by atoms with van der Waals surface area (Å²) in [6.07, 6.45) is 9.31. The lowest BCUT2D eigenvalue weighted by atomic mass is 9.96. The molecule has 3 aromatic rings. The Morgan fingerprint density at radius 1 is 1.00 bits per heavy atom. The van der Waals surface area contributed by atoms with Crippen molar-refractivity contribution >= 4 is 33.5 Å². The van der Waals surface area contributed by atoms with Gasteiger partial charge in [-0.3, -0.25) is 9.97 Å². The normalized spacial score (nSPS) is 15.5. The second-order valence-corrected chi connectivity index (χ2v) is 6.33. The fourth-order valence-electron chi connectivity index (χ4n) is 3.47. The van der Waals surface area contributed by atoms with Crippen LogP contribution in [0.5, 0.6) is 0 Å². The summed E-state index contributed by atoms with van der Waals surface area (Å²) in [5.41, 5.74) is 2.43. The Kier molecular flexibility index (Phi) is 3.99. The van der Waals surface area contributed by atoms with Crippen LogP contribution >= 0.6 is 0 Å². The molecule has 2 amide bonds. The van der Waals surface area contributed by atoms with Crippen LogP contribution in [0.4, 0.5) is 10.5 Å². The van der Waals surface area contributed by atoms with Gasteiger partial charge in [0.25, 0.3) is 0 Å². The lowest BCUT2D eigenvalue weighted by Crippen LogP contribution is -2.39. The Bertz CT molecular complexity index is 887. The van der Waals surface area contributed by atoms with Gasteiger partial charge in [-0.2, -0.15) is 0 Å². The molecule has 1 aliphatic carbocycles. The van der Waals surface area contributed by atoms with E-state index in [-0.39, 0.29) is 12.1 Å². The number of anilines is 1. The van der Waals surface area contributed by atoms with Crippen LogP contribution < -0.4 is 10.6 Å². The van der Waals surface area contributed by atoms with Crippen LogP contribution in [0.3, 0.4) is 0 Å². The third-order valence-electron chi connectivity index (χ3n) is 4.65. The van der Waals surface area contributed by atoms with E-state index >= 15 is 0 Å². The van der Waals surface area contributed by atoms with E-state index in [4.69, 9.17) is 0 Å². The number of benzene rings is 1. The van der Waals surface area contributed by atoms with Crippen LogP contribution in [-0.2, 0) is 0 Å². The summed E-state index contributed by atoms with van der Waals surface area (Å²) in [6.45, 7) is 0. The number of urea groups is 1. The zero-order valence-electron chi connectivity index (χ0n) is 13.5. The maximum Gasteiger partial charge on any atom is 0.319 e. The van der Waals surface area contributed by atoms with Gasteiger partial charge in [-0.25, -0.2) is 4.79 Å². The van der Waals surface area contributed by atoms with Gasteiger partial charge in [0, 0.05) is 29.2 Å². The molecule has 0 unspecified atom stereocenters. The van der Waals surface area contributed by atoms with Crippen LogP contribution in [0, 0.1) is 0 Å². The first-order valence-electron chi connectivity index (χ1n) is 8.51. The Labute approximate surface area is 140 Å². The van der Waals surface area contributed by atoms with E-state index in [0.717, 1.165) is 40.3 Å². The number of carbonyl (C=O) groups is 1. The lowest BCUT2D eigenvalue weighted by molar-refractivity contribution is 0.244. The van der Waals surface area contributed by atoms with E-state index in [9.17, 15) is 4.79 Å². The molecule has 2 heterocycles. The van der Waals surface area contributed by atoms with Gasteiger partial charge in [0.05, 0.1) is 16.7 Å². The molecule has 24 heavy (non-hydrogen) atoms. The van der Waals surface area contributed by atoms with Crippen molar-refractivity contribution in [2.45, 2.75) is 38.1 Å². The van der Waals surface area contributed by atoms with Gasteiger partial charge >= 0.3 is 6.03 Å². The van der Waals surface area contributed by atoms with Crippen LogP contribution in [-0.4, -0.2) is 22.0 Å². The molecule has 5 heteroatoms. The topological polar surface area (TPSA) is 66.9 Å². The van der Waals surface area contributed by atoms with Crippen molar-refractivity contribution < 1.29 is 4.79 Å². The minimum absolute atomic E-state index is 0.143. The summed E-state index contributed by atoms with van der Waals surface area (Å²) < 4.78 is 0. The predicted octanol–water partition coefficient (Wildman–Crippen LogP) is 4.24. The molecule has 1 saturated carbocycles. The average Bonchev–Trinajstić information content (AvgIpc) is 2.63. The van der Waals surface area contributed by atoms with Crippen molar-refractivity contribution in [3.8, 4) is 0 Å². The van der Waals surface area contributed by atoms with E-state index in [1.165, 1.54) is 19.3 Å². The number of hydrogen-bond donors (Lipinski definition) is 2. The number of nitrogens with zero attached hydrogens (tertiary/aromatic N) is 2. The summed E-state index contributed by atoms with van der Waals surface area (Å²) >= 11 is 0. The number of nitrogens with one attached hydrogen (secondary N) is 2. The molecule has 0 saturated heterocycles. The predicted molar refractivity (Wildman–Crippen MR) is 96.1 cm³/mol. The van der Waals surface area contributed by atoms with Crippen molar-refractivity contribution in [1.29, 1.82) is 0 Å². The quantitative estimate of drug-likeness (QED) is 0.694. The summed E-state index contributed by atoms with van der Waals surface area (Å²) in [4.78, 5) is 21.3. The Morgan fingerprint density at radius 3 is 2.58 bits per heavy atom. The van der Waals surface area contributed by atoms with Gasteiger partial charge in [0.2, 0.25) is 0 Å². The number of pyridine rings is 2. The number of carbonyl (C=O) groups excluding carboxylic acids is 1. The number of amides is 2. The van der Waals surface area contributed by atoms with Crippen molar-refractivity contribution in [3.63, 3.8) is 0 Å². The van der Waals surface area contributed by atoms with Crippen LogP contribution in [0.1, 0.15) is 32.1 Å². The minimum Gasteiger partial charge on any atom is -0.335 e. The number of aromatic nitrogens is 2. The number of hydrogen-bond acceptors (Lipinski definition) is 3. The first-order valence-corrected chi connectivity index (χ1v) is 8.51. The minimum atomic E-state index is -0.143. The molecule has 0 radical (unpaired) electrons. The number of fused-ring (bicyclic) bond motifs is 3. The number of rotatable bonds is 2. The van der Waals surface area contributed by atoms with Crippen molar-refractivity contribution in [3.05, 3.63) is 42.7 Å². The second-order valence-electron chi connectivity index (χ2n) is 6.33. The molecule has 0 atom stereocenters. The molecular formula is C19H20N4O. The molecule has 4 rings (SSSR count). The van der Waals surface area contributed by atoms with Crippen molar-refractivity contribution in [2.75, 3.05) is 5.32 Å². The second kappa shape index (κ2) is 6.43. The third-order valence-corrected chi connectivity index (χ3v) is 4.65. The van der Waals surface area contributed by atoms with Gasteiger partial charge < -0.3 is 10.6 Å². The highest BCUT2D eigenvalue weighted by atomic mass is 16.2. The molecule has 1 fully saturated rings. The van der Waals surface area contributed by atoms with E-state index in [1.54, 1.807) is 12.4 Å². The maximum atomic E-state index is 12.4. The molecule has 0 aliphatic heterocycles.